The van der Waals surface area contributed by atoms with Crippen molar-refractivity contribution in [3.63, 3.8) is 0 Å². The maximum absolute atomic E-state index is 6.28. The Bertz CT molecular complexity index is 1590. The molecule has 4 aromatic carbocycles. The number of benzene rings is 4. The highest BCUT2D eigenvalue weighted by Gasteiger charge is 2.12. The zero-order chi connectivity index (χ0) is 20.4. The Labute approximate surface area is 177 Å². The second-order valence-electron chi connectivity index (χ2n) is 7.88. The van der Waals surface area contributed by atoms with Crippen LogP contribution in [0.2, 0.25) is 0 Å². The van der Waals surface area contributed by atoms with Crippen molar-refractivity contribution in [1.82, 2.24) is 0 Å². The van der Waals surface area contributed by atoms with Crippen molar-refractivity contribution in [2.24, 2.45) is 0 Å². The second-order valence-corrected chi connectivity index (χ2v) is 7.88. The Morgan fingerprint density at radius 3 is 1.42 bits per heavy atom. The zero-order valence-electron chi connectivity index (χ0n) is 16.5. The molecule has 0 spiro atoms. The summed E-state index contributed by atoms with van der Waals surface area (Å²) in [5, 5.41) is 6.88. The van der Waals surface area contributed by atoms with Gasteiger partial charge in [-0.25, -0.2) is 0 Å². The molecular formula is C28H16O3. The molecule has 3 heterocycles. The molecule has 0 unspecified atom stereocenters. The SMILES string of the molecule is c1coc(-c2ccc3cc4c(cc3c2)oc2cc3cc(-c5ccco5)ccc3cc24)c1. The van der Waals surface area contributed by atoms with Gasteiger partial charge in [0.25, 0.3) is 0 Å². The molecule has 0 N–H and O–H groups in total. The maximum atomic E-state index is 6.28. The molecule has 0 aliphatic heterocycles. The standard InChI is InChI=1S/C28H16O3/c1-3-25(29-9-1)19-7-5-17-13-23-24-14-18-6-8-20(26-4-2-10-30-26)12-22(18)16-28(24)31-27(23)15-21(17)11-19/h1-16H. The predicted octanol–water partition coefficient (Wildman–Crippen LogP) is 8.41. The van der Waals surface area contributed by atoms with Crippen LogP contribution in [0.25, 0.3) is 66.1 Å². The summed E-state index contributed by atoms with van der Waals surface area (Å²) in [5.41, 5.74) is 3.90. The lowest BCUT2D eigenvalue weighted by Gasteiger charge is -2.03. The van der Waals surface area contributed by atoms with E-state index in [0.29, 0.717) is 0 Å². The van der Waals surface area contributed by atoms with Crippen LogP contribution in [0.3, 0.4) is 0 Å². The van der Waals surface area contributed by atoms with Gasteiger partial charge in [0.2, 0.25) is 0 Å². The molecule has 3 aromatic heterocycles. The van der Waals surface area contributed by atoms with Crippen molar-refractivity contribution >= 4 is 43.5 Å². The summed E-state index contributed by atoms with van der Waals surface area (Å²) < 4.78 is 17.4. The summed E-state index contributed by atoms with van der Waals surface area (Å²) >= 11 is 0. The van der Waals surface area contributed by atoms with E-state index in [0.717, 1.165) is 55.4 Å². The average Bonchev–Trinajstić information content (AvgIpc) is 3.56. The van der Waals surface area contributed by atoms with E-state index in [1.54, 1.807) is 12.5 Å². The smallest absolute Gasteiger partial charge is 0.136 e. The maximum Gasteiger partial charge on any atom is 0.136 e. The van der Waals surface area contributed by atoms with Crippen LogP contribution in [0.1, 0.15) is 0 Å². The van der Waals surface area contributed by atoms with E-state index in [1.807, 2.05) is 24.3 Å². The molecule has 3 nitrogen and oxygen atoms in total. The summed E-state index contributed by atoms with van der Waals surface area (Å²) in [6, 6.07) is 29.2. The topological polar surface area (TPSA) is 39.4 Å². The Hall–Kier alpha value is -4.24. The van der Waals surface area contributed by atoms with Crippen LogP contribution >= 0.6 is 0 Å². The normalized spacial score (nSPS) is 11.9. The number of furan rings is 3. The van der Waals surface area contributed by atoms with E-state index in [9.17, 15) is 0 Å². The van der Waals surface area contributed by atoms with Crippen LogP contribution in [0.4, 0.5) is 0 Å². The third-order valence-electron chi connectivity index (χ3n) is 6.00. The molecule has 0 atom stereocenters. The Morgan fingerprint density at radius 2 is 0.968 bits per heavy atom. The van der Waals surface area contributed by atoms with E-state index in [1.165, 1.54) is 10.8 Å². The molecule has 0 saturated carbocycles. The fraction of sp³-hybridized carbons (Fsp3) is 0. The first-order valence-electron chi connectivity index (χ1n) is 10.2. The molecule has 0 saturated heterocycles. The number of fused-ring (bicyclic) bond motifs is 5. The van der Waals surface area contributed by atoms with Crippen molar-refractivity contribution in [2.45, 2.75) is 0 Å². The lowest BCUT2D eigenvalue weighted by Crippen LogP contribution is -1.78. The van der Waals surface area contributed by atoms with Gasteiger partial charge in [-0.15, -0.1) is 0 Å². The van der Waals surface area contributed by atoms with Crippen LogP contribution in [0, 0.1) is 0 Å². The van der Waals surface area contributed by atoms with Crippen LogP contribution in [-0.2, 0) is 0 Å². The first-order chi connectivity index (χ1) is 15.3. The van der Waals surface area contributed by atoms with E-state index in [-0.39, 0.29) is 0 Å². The van der Waals surface area contributed by atoms with Crippen LogP contribution in [-0.4, -0.2) is 0 Å². The lowest BCUT2D eigenvalue weighted by atomic mass is 10.0. The summed E-state index contributed by atoms with van der Waals surface area (Å²) in [5.74, 6) is 1.73. The molecule has 0 aliphatic rings. The van der Waals surface area contributed by atoms with Crippen molar-refractivity contribution in [2.75, 3.05) is 0 Å². The molecule has 3 heteroatoms. The van der Waals surface area contributed by atoms with Gasteiger partial charge in [0.05, 0.1) is 12.5 Å². The summed E-state index contributed by atoms with van der Waals surface area (Å²) in [6.07, 6.45) is 3.40. The fourth-order valence-corrected chi connectivity index (χ4v) is 4.45. The monoisotopic (exact) mass is 400 g/mol. The van der Waals surface area contributed by atoms with E-state index in [2.05, 4.69) is 60.7 Å². The van der Waals surface area contributed by atoms with Crippen molar-refractivity contribution < 1.29 is 13.3 Å². The van der Waals surface area contributed by atoms with Crippen molar-refractivity contribution in [1.29, 1.82) is 0 Å². The van der Waals surface area contributed by atoms with Crippen molar-refractivity contribution in [3.8, 4) is 22.6 Å². The molecule has 31 heavy (non-hydrogen) atoms. The van der Waals surface area contributed by atoms with Crippen LogP contribution in [0.15, 0.2) is 111 Å². The second kappa shape index (κ2) is 6.13. The fourth-order valence-electron chi connectivity index (χ4n) is 4.45. The van der Waals surface area contributed by atoms with Gasteiger partial charge in [-0.05, 0) is 82.2 Å². The Morgan fingerprint density at radius 1 is 0.452 bits per heavy atom. The molecular weight excluding hydrogens is 384 g/mol. The summed E-state index contributed by atoms with van der Waals surface area (Å²) in [4.78, 5) is 0. The summed E-state index contributed by atoms with van der Waals surface area (Å²) in [7, 11) is 0. The van der Waals surface area contributed by atoms with Gasteiger partial charge in [-0.3, -0.25) is 0 Å². The van der Waals surface area contributed by atoms with Gasteiger partial charge in [0, 0.05) is 21.9 Å². The lowest BCUT2D eigenvalue weighted by molar-refractivity contribution is 0.582. The van der Waals surface area contributed by atoms with Crippen LogP contribution < -0.4 is 0 Å². The van der Waals surface area contributed by atoms with E-state index >= 15 is 0 Å². The minimum Gasteiger partial charge on any atom is -0.464 e. The molecule has 146 valence electrons. The van der Waals surface area contributed by atoms with Gasteiger partial charge < -0.3 is 13.3 Å². The minimum atomic E-state index is 0.866. The third kappa shape index (κ3) is 2.53. The molecule has 0 fully saturated rings. The summed E-state index contributed by atoms with van der Waals surface area (Å²) in [6.45, 7) is 0. The molecule has 0 aliphatic carbocycles. The third-order valence-corrected chi connectivity index (χ3v) is 6.00. The molecule has 0 amide bonds. The number of hydrogen-bond donors (Lipinski definition) is 0. The van der Waals surface area contributed by atoms with Gasteiger partial charge in [0.1, 0.15) is 22.7 Å². The molecule has 7 rings (SSSR count). The molecule has 0 bridgehead atoms. The highest BCUT2D eigenvalue weighted by atomic mass is 16.3. The van der Waals surface area contributed by atoms with Gasteiger partial charge in [-0.1, -0.05) is 24.3 Å². The van der Waals surface area contributed by atoms with E-state index in [4.69, 9.17) is 13.3 Å². The molecule has 0 radical (unpaired) electrons. The average molecular weight is 400 g/mol. The first kappa shape index (κ1) is 16.5. The first-order valence-corrected chi connectivity index (χ1v) is 10.2. The van der Waals surface area contributed by atoms with Crippen molar-refractivity contribution in [3.05, 3.63) is 97.5 Å². The largest absolute Gasteiger partial charge is 0.464 e. The Kier molecular flexibility index (Phi) is 3.27. The predicted molar refractivity (Wildman–Crippen MR) is 124 cm³/mol. The number of rotatable bonds is 2. The zero-order valence-corrected chi connectivity index (χ0v) is 16.5. The number of hydrogen-bond acceptors (Lipinski definition) is 3. The van der Waals surface area contributed by atoms with Crippen LogP contribution in [0.5, 0.6) is 0 Å². The highest BCUT2D eigenvalue weighted by Crippen LogP contribution is 2.36. The van der Waals surface area contributed by atoms with Gasteiger partial charge in [0.15, 0.2) is 0 Å². The van der Waals surface area contributed by atoms with E-state index < -0.39 is 0 Å². The highest BCUT2D eigenvalue weighted by molar-refractivity contribution is 6.13. The quantitative estimate of drug-likeness (QED) is 0.292. The minimum absolute atomic E-state index is 0.866. The Balaban J connectivity index is 1.44. The van der Waals surface area contributed by atoms with Gasteiger partial charge >= 0.3 is 0 Å². The molecule has 7 aromatic rings. The van der Waals surface area contributed by atoms with Gasteiger partial charge in [-0.2, -0.15) is 0 Å².